The van der Waals surface area contributed by atoms with Crippen molar-refractivity contribution in [1.29, 1.82) is 0 Å². The van der Waals surface area contributed by atoms with Crippen LogP contribution in [-0.4, -0.2) is 18.0 Å². The highest BCUT2D eigenvalue weighted by Gasteiger charge is 2.10. The zero-order chi connectivity index (χ0) is 17.6. The van der Waals surface area contributed by atoms with Gasteiger partial charge in [-0.25, -0.2) is 4.98 Å². The Morgan fingerprint density at radius 1 is 1.00 bits per heavy atom. The second-order valence-corrected chi connectivity index (χ2v) is 8.14. The first-order chi connectivity index (χ1) is 12.2. The third-order valence-corrected chi connectivity index (χ3v) is 5.99. The molecule has 0 unspecified atom stereocenters. The average Bonchev–Trinajstić information content (AvgIpc) is 3.21. The number of thiazole rings is 1. The van der Waals surface area contributed by atoms with Crippen LogP contribution < -0.4 is 10.6 Å². The summed E-state index contributed by atoms with van der Waals surface area (Å²) in [6.07, 6.45) is 0. The monoisotopic (exact) mass is 498 g/mol. The summed E-state index contributed by atoms with van der Waals surface area (Å²) in [6, 6.07) is 14.6. The number of nitrogens with one attached hydrogen (secondary N) is 2. The second kappa shape index (κ2) is 10.0. The standard InChI is InChI=1S/C19H22N4S2.HI/c1-13-9-10-16(24-13)11-21-19(20-3)22-12-17-14(2)23-18(25-17)15-7-5-4-6-8-15;/h4-10H,11-12H2,1-3H3,(H2,20,21,22);1H. The van der Waals surface area contributed by atoms with E-state index in [9.17, 15) is 0 Å². The van der Waals surface area contributed by atoms with E-state index in [4.69, 9.17) is 4.98 Å². The van der Waals surface area contributed by atoms with Crippen molar-refractivity contribution in [2.75, 3.05) is 7.05 Å². The molecule has 4 nitrogen and oxygen atoms in total. The summed E-state index contributed by atoms with van der Waals surface area (Å²) < 4.78 is 0. The maximum atomic E-state index is 4.70. The molecule has 7 heteroatoms. The number of hydrogen-bond acceptors (Lipinski definition) is 4. The van der Waals surface area contributed by atoms with Gasteiger partial charge in [0.2, 0.25) is 0 Å². The van der Waals surface area contributed by atoms with Crippen LogP contribution in [0.25, 0.3) is 10.6 Å². The lowest BCUT2D eigenvalue weighted by atomic mass is 10.2. The summed E-state index contributed by atoms with van der Waals surface area (Å²) in [6.45, 7) is 5.69. The Morgan fingerprint density at radius 3 is 2.38 bits per heavy atom. The molecule has 3 rings (SSSR count). The van der Waals surface area contributed by atoms with E-state index < -0.39 is 0 Å². The van der Waals surface area contributed by atoms with Crippen LogP contribution in [0.15, 0.2) is 47.5 Å². The van der Waals surface area contributed by atoms with E-state index in [1.165, 1.54) is 14.6 Å². The molecule has 2 aromatic heterocycles. The summed E-state index contributed by atoms with van der Waals surface area (Å²) in [5.41, 5.74) is 2.23. The van der Waals surface area contributed by atoms with Gasteiger partial charge in [0.1, 0.15) is 5.01 Å². The van der Waals surface area contributed by atoms with Crippen LogP contribution in [-0.2, 0) is 13.1 Å². The van der Waals surface area contributed by atoms with Crippen LogP contribution >= 0.6 is 46.7 Å². The molecule has 0 saturated heterocycles. The molecule has 0 aliphatic carbocycles. The Bertz CT molecular complexity index is 856. The maximum absolute atomic E-state index is 4.70. The zero-order valence-electron chi connectivity index (χ0n) is 15.1. The van der Waals surface area contributed by atoms with Gasteiger partial charge >= 0.3 is 0 Å². The van der Waals surface area contributed by atoms with Crippen molar-refractivity contribution in [2.24, 2.45) is 4.99 Å². The molecule has 0 bridgehead atoms. The highest BCUT2D eigenvalue weighted by Crippen LogP contribution is 2.27. The van der Waals surface area contributed by atoms with Gasteiger partial charge in [-0.1, -0.05) is 30.3 Å². The van der Waals surface area contributed by atoms with Gasteiger partial charge in [0.05, 0.1) is 18.8 Å². The Morgan fingerprint density at radius 2 is 1.73 bits per heavy atom. The predicted molar refractivity (Wildman–Crippen MR) is 124 cm³/mol. The number of halogens is 1. The van der Waals surface area contributed by atoms with Crippen LogP contribution in [0.4, 0.5) is 0 Å². The average molecular weight is 498 g/mol. The number of thiophene rings is 1. The first-order valence-corrected chi connectivity index (χ1v) is 9.80. The van der Waals surface area contributed by atoms with E-state index in [-0.39, 0.29) is 24.0 Å². The van der Waals surface area contributed by atoms with Crippen LogP contribution in [0.3, 0.4) is 0 Å². The number of aromatic nitrogens is 1. The molecule has 1 aromatic carbocycles. The van der Waals surface area contributed by atoms with Crippen LogP contribution in [0.2, 0.25) is 0 Å². The molecular formula is C19H23IN4S2. The molecule has 0 radical (unpaired) electrons. The Labute approximate surface area is 179 Å². The van der Waals surface area contributed by atoms with Crippen molar-refractivity contribution >= 4 is 52.6 Å². The van der Waals surface area contributed by atoms with Crippen molar-refractivity contribution < 1.29 is 0 Å². The van der Waals surface area contributed by atoms with Crippen LogP contribution in [0, 0.1) is 13.8 Å². The number of rotatable bonds is 5. The lowest BCUT2D eigenvalue weighted by Gasteiger charge is -2.10. The van der Waals surface area contributed by atoms with Crippen molar-refractivity contribution in [3.63, 3.8) is 0 Å². The highest BCUT2D eigenvalue weighted by molar-refractivity contribution is 14.0. The van der Waals surface area contributed by atoms with Crippen molar-refractivity contribution in [3.8, 4) is 10.6 Å². The van der Waals surface area contributed by atoms with Gasteiger partial charge in [0.15, 0.2) is 5.96 Å². The van der Waals surface area contributed by atoms with E-state index in [1.54, 1.807) is 29.7 Å². The number of aryl methyl sites for hydroxylation is 2. The summed E-state index contributed by atoms with van der Waals surface area (Å²) >= 11 is 3.53. The predicted octanol–water partition coefficient (Wildman–Crippen LogP) is 4.97. The maximum Gasteiger partial charge on any atom is 0.191 e. The number of hydrogen-bond donors (Lipinski definition) is 2. The van der Waals surface area contributed by atoms with Gasteiger partial charge in [-0.3, -0.25) is 4.99 Å². The molecule has 138 valence electrons. The van der Waals surface area contributed by atoms with E-state index in [0.29, 0.717) is 0 Å². The molecule has 3 aromatic rings. The fraction of sp³-hybridized carbons (Fsp3) is 0.263. The largest absolute Gasteiger partial charge is 0.352 e. The first-order valence-electron chi connectivity index (χ1n) is 8.17. The molecule has 26 heavy (non-hydrogen) atoms. The Kier molecular flexibility index (Phi) is 8.05. The summed E-state index contributed by atoms with van der Waals surface area (Å²) in [4.78, 5) is 12.9. The van der Waals surface area contributed by atoms with Crippen molar-refractivity contribution in [3.05, 3.63) is 62.8 Å². The van der Waals surface area contributed by atoms with Crippen molar-refractivity contribution in [1.82, 2.24) is 15.6 Å². The molecule has 0 spiro atoms. The quantitative estimate of drug-likeness (QED) is 0.297. The topological polar surface area (TPSA) is 49.3 Å². The Hall–Kier alpha value is -1.45. The van der Waals surface area contributed by atoms with Gasteiger partial charge < -0.3 is 10.6 Å². The van der Waals surface area contributed by atoms with Gasteiger partial charge in [0.25, 0.3) is 0 Å². The number of benzene rings is 1. The van der Waals surface area contributed by atoms with Crippen molar-refractivity contribution in [2.45, 2.75) is 26.9 Å². The van der Waals surface area contributed by atoms with Crippen LogP contribution in [0.1, 0.15) is 20.3 Å². The molecule has 0 amide bonds. The van der Waals surface area contributed by atoms with Gasteiger partial charge in [-0.15, -0.1) is 46.7 Å². The fourth-order valence-electron chi connectivity index (χ4n) is 2.43. The smallest absolute Gasteiger partial charge is 0.191 e. The minimum absolute atomic E-state index is 0. The van der Waals surface area contributed by atoms with E-state index in [2.05, 4.69) is 53.7 Å². The first kappa shape index (κ1) is 20.9. The normalized spacial score (nSPS) is 11.1. The third-order valence-electron chi connectivity index (χ3n) is 3.78. The lowest BCUT2D eigenvalue weighted by molar-refractivity contribution is 0.818. The van der Waals surface area contributed by atoms with Crippen LogP contribution in [0.5, 0.6) is 0 Å². The molecule has 0 fully saturated rings. The molecule has 0 saturated carbocycles. The third kappa shape index (κ3) is 5.52. The lowest BCUT2D eigenvalue weighted by Crippen LogP contribution is -2.36. The molecule has 0 aliphatic rings. The molecule has 2 N–H and O–H groups in total. The fourth-order valence-corrected chi connectivity index (χ4v) is 4.27. The molecule has 0 aliphatic heterocycles. The van der Waals surface area contributed by atoms with Gasteiger partial charge in [-0.05, 0) is 26.0 Å². The zero-order valence-corrected chi connectivity index (χ0v) is 19.0. The SMILES string of the molecule is CN=C(NCc1ccc(C)s1)NCc1sc(-c2ccccc2)nc1C.I. The minimum atomic E-state index is 0. The summed E-state index contributed by atoms with van der Waals surface area (Å²) in [5.74, 6) is 0.806. The summed E-state index contributed by atoms with van der Waals surface area (Å²) in [7, 11) is 1.80. The molecule has 0 atom stereocenters. The van der Waals surface area contributed by atoms with Gasteiger partial charge in [-0.2, -0.15) is 0 Å². The molecular weight excluding hydrogens is 475 g/mol. The number of nitrogens with zero attached hydrogens (tertiary/aromatic N) is 2. The minimum Gasteiger partial charge on any atom is -0.352 e. The van der Waals surface area contributed by atoms with E-state index in [0.717, 1.165) is 35.3 Å². The van der Waals surface area contributed by atoms with E-state index >= 15 is 0 Å². The number of guanidine groups is 1. The second-order valence-electron chi connectivity index (χ2n) is 5.69. The highest BCUT2D eigenvalue weighted by atomic mass is 127. The molecule has 2 heterocycles. The Balaban J connectivity index is 0.00000243. The summed E-state index contributed by atoms with van der Waals surface area (Å²) in [5, 5.41) is 7.81. The van der Waals surface area contributed by atoms with E-state index in [1.807, 2.05) is 18.2 Å². The number of aliphatic imine (C=N–C) groups is 1. The van der Waals surface area contributed by atoms with Gasteiger partial charge in [0, 0.05) is 27.2 Å².